The smallest absolute Gasteiger partial charge is 0.744 e. The summed E-state index contributed by atoms with van der Waals surface area (Å²) in [6.07, 6.45) is 38.1. The molecule has 2 radical (unpaired) electrons. The van der Waals surface area contributed by atoms with Crippen LogP contribution in [0.1, 0.15) is 230 Å². The predicted molar refractivity (Wildman–Crippen MR) is 276 cm³/mol. The first-order chi connectivity index (χ1) is 31.0. The normalized spacial score (nSPS) is 11.8. The van der Waals surface area contributed by atoms with E-state index in [2.05, 4.69) is 27.7 Å². The average Bonchev–Trinajstić information content (AvgIpc) is 3.27. The van der Waals surface area contributed by atoms with E-state index in [1.807, 2.05) is 48.5 Å². The van der Waals surface area contributed by atoms with Gasteiger partial charge in [-0.25, -0.2) is 16.8 Å². The molecule has 0 N–H and O–H groups in total. The summed E-state index contributed by atoms with van der Waals surface area (Å²) >= 11 is 0. The Morgan fingerprint density at radius 1 is 0.323 bits per heavy atom. The third kappa shape index (κ3) is 22.4. The Bertz CT molecular complexity index is 1960. The molecule has 0 aliphatic carbocycles. The summed E-state index contributed by atoms with van der Waals surface area (Å²) in [4.78, 5) is -0.0938. The summed E-state index contributed by atoms with van der Waals surface area (Å²) in [5.41, 5.74) is 4.35. The predicted octanol–water partition coefficient (Wildman–Crippen LogP) is 16.3. The van der Waals surface area contributed by atoms with E-state index >= 15 is 0 Å². The van der Waals surface area contributed by atoms with Gasteiger partial charge in [-0.1, -0.05) is 230 Å². The molecule has 0 atom stereocenters. The van der Waals surface area contributed by atoms with Gasteiger partial charge in [0.05, 0.1) is 9.79 Å². The van der Waals surface area contributed by atoms with E-state index < -0.39 is 20.2 Å². The number of unbranched alkanes of at least 4 members (excludes halogenated alkanes) is 24. The van der Waals surface area contributed by atoms with Gasteiger partial charge in [-0.3, -0.25) is 0 Å². The van der Waals surface area contributed by atoms with Crippen molar-refractivity contribution in [2.75, 3.05) is 0 Å². The molecule has 0 aromatic heterocycles. The van der Waals surface area contributed by atoms with E-state index in [0.29, 0.717) is 10.8 Å². The molecule has 0 heterocycles. The van der Waals surface area contributed by atoms with Crippen LogP contribution in [0, 0.1) is 0 Å². The van der Waals surface area contributed by atoms with Crippen LogP contribution < -0.4 is 0 Å². The summed E-state index contributed by atoms with van der Waals surface area (Å²) in [5.74, 6) is 0. The van der Waals surface area contributed by atoms with Crippen molar-refractivity contribution in [3.05, 3.63) is 82.9 Å². The van der Waals surface area contributed by atoms with Crippen LogP contribution in [0.15, 0.2) is 70.5 Å². The standard InChI is InChI=1S/2C28H44O3S.Pb/c2*1-3-5-7-9-11-13-15-18-24-22-23-27(32(29,30)31)28-25(20-17-21-26(24)28)19-16-14-12-10-8-6-4-2;/h2*17,20-23H,3-16,18-19H2,1-2H3,(H,29,30,31);/q;;+2/p-2. The number of fused-ring (bicyclic) bond motifs is 2. The molecule has 0 aliphatic rings. The van der Waals surface area contributed by atoms with Crippen LogP contribution in [0.5, 0.6) is 0 Å². The Morgan fingerprint density at radius 2 is 0.569 bits per heavy atom. The van der Waals surface area contributed by atoms with Gasteiger partial charge in [0, 0.05) is 10.8 Å². The maximum absolute atomic E-state index is 12.0. The summed E-state index contributed by atoms with van der Waals surface area (Å²) in [6, 6.07) is 18.9. The molecule has 0 amide bonds. The van der Waals surface area contributed by atoms with Crippen LogP contribution in [0.3, 0.4) is 0 Å². The number of hydrogen-bond acceptors (Lipinski definition) is 6. The molecule has 9 heteroatoms. The molecule has 362 valence electrons. The van der Waals surface area contributed by atoms with Crippen molar-refractivity contribution in [2.45, 2.75) is 243 Å². The monoisotopic (exact) mass is 1130 g/mol. The average molecular weight is 1130 g/mol. The fraction of sp³-hybridized carbons (Fsp3) is 0.643. The van der Waals surface area contributed by atoms with E-state index in [9.17, 15) is 25.9 Å². The molecule has 0 aliphatic heterocycles. The second-order valence-corrected chi connectivity index (χ2v) is 21.2. The molecule has 0 unspecified atom stereocenters. The third-order valence-electron chi connectivity index (χ3n) is 13.1. The summed E-state index contributed by atoms with van der Waals surface area (Å²) in [6.45, 7) is 8.92. The van der Waals surface area contributed by atoms with Gasteiger partial charge in [0.1, 0.15) is 20.2 Å². The zero-order valence-corrected chi connectivity index (χ0v) is 46.7. The van der Waals surface area contributed by atoms with Gasteiger partial charge in [0.25, 0.3) is 0 Å². The minimum atomic E-state index is -4.50. The Balaban J connectivity index is 0.000000440. The molecule has 0 saturated carbocycles. The van der Waals surface area contributed by atoms with Gasteiger partial charge < -0.3 is 9.11 Å². The first-order valence-corrected chi connectivity index (χ1v) is 28.8. The van der Waals surface area contributed by atoms with Crippen LogP contribution in [0.4, 0.5) is 0 Å². The Kier molecular flexibility index (Phi) is 31.4. The van der Waals surface area contributed by atoms with Crippen LogP contribution in [0.2, 0.25) is 0 Å². The number of rotatable bonds is 34. The zero-order valence-electron chi connectivity index (χ0n) is 41.2. The fourth-order valence-corrected chi connectivity index (χ4v) is 10.8. The largest absolute Gasteiger partial charge is 2.00 e. The summed E-state index contributed by atoms with van der Waals surface area (Å²) in [7, 11) is -9.00. The molecule has 0 spiro atoms. The van der Waals surface area contributed by atoms with Crippen LogP contribution >= 0.6 is 0 Å². The molecule has 65 heavy (non-hydrogen) atoms. The molecule has 6 nitrogen and oxygen atoms in total. The number of benzene rings is 4. The summed E-state index contributed by atoms with van der Waals surface area (Å²) in [5, 5.41) is 3.25. The minimum Gasteiger partial charge on any atom is -0.744 e. The maximum Gasteiger partial charge on any atom is 2.00 e. The van der Waals surface area contributed by atoms with Gasteiger partial charge in [0.2, 0.25) is 0 Å². The van der Waals surface area contributed by atoms with Crippen molar-refractivity contribution in [3.63, 3.8) is 0 Å². The second kappa shape index (κ2) is 34.4. The van der Waals surface area contributed by atoms with Crippen molar-refractivity contribution in [1.82, 2.24) is 0 Å². The van der Waals surface area contributed by atoms with E-state index in [1.54, 1.807) is 12.1 Å². The second-order valence-electron chi connectivity index (χ2n) is 18.5. The van der Waals surface area contributed by atoms with Gasteiger partial charge in [-0.05, 0) is 96.5 Å². The van der Waals surface area contributed by atoms with E-state index in [4.69, 9.17) is 0 Å². The Labute approximate surface area is 418 Å². The van der Waals surface area contributed by atoms with Gasteiger partial charge >= 0.3 is 27.3 Å². The fourth-order valence-electron chi connectivity index (χ4n) is 9.38. The molecular formula is C56H86O6PbS2. The van der Waals surface area contributed by atoms with Crippen molar-refractivity contribution in [3.8, 4) is 0 Å². The summed E-state index contributed by atoms with van der Waals surface area (Å²) < 4.78 is 72.1. The maximum atomic E-state index is 12.0. The molecule has 4 aromatic carbocycles. The van der Waals surface area contributed by atoms with E-state index in [0.717, 1.165) is 86.1 Å². The molecule has 0 bridgehead atoms. The van der Waals surface area contributed by atoms with Gasteiger partial charge in [-0.15, -0.1) is 0 Å². The number of aryl methyl sites for hydroxylation is 4. The Morgan fingerprint density at radius 3 is 0.831 bits per heavy atom. The van der Waals surface area contributed by atoms with Crippen LogP contribution in [-0.4, -0.2) is 53.2 Å². The van der Waals surface area contributed by atoms with Crippen molar-refractivity contribution < 1.29 is 25.9 Å². The van der Waals surface area contributed by atoms with Crippen LogP contribution in [-0.2, 0) is 45.9 Å². The van der Waals surface area contributed by atoms with Crippen LogP contribution in [0.25, 0.3) is 21.5 Å². The zero-order chi connectivity index (χ0) is 46.5. The molecular weight excluding hydrogens is 1040 g/mol. The molecule has 0 fully saturated rings. The number of hydrogen-bond donors (Lipinski definition) is 0. The van der Waals surface area contributed by atoms with E-state index in [1.165, 1.54) is 152 Å². The van der Waals surface area contributed by atoms with Crippen molar-refractivity contribution >= 4 is 69.1 Å². The van der Waals surface area contributed by atoms with E-state index in [-0.39, 0.29) is 37.1 Å². The quantitative estimate of drug-likeness (QED) is 0.0261. The first kappa shape index (κ1) is 59.3. The van der Waals surface area contributed by atoms with Gasteiger partial charge in [-0.2, -0.15) is 0 Å². The topological polar surface area (TPSA) is 114 Å². The molecule has 0 saturated heterocycles. The van der Waals surface area contributed by atoms with Gasteiger partial charge in [0.15, 0.2) is 0 Å². The molecule has 4 rings (SSSR count). The molecule has 4 aromatic rings. The Hall–Kier alpha value is -1.86. The third-order valence-corrected chi connectivity index (χ3v) is 14.9. The van der Waals surface area contributed by atoms with Crippen molar-refractivity contribution in [1.29, 1.82) is 0 Å². The minimum absolute atomic E-state index is 0. The van der Waals surface area contributed by atoms with Crippen molar-refractivity contribution in [2.24, 2.45) is 0 Å². The SMILES string of the molecule is CCCCCCCCCc1ccc(S(=O)(=O)[O-])c2c(CCCCCCCCC)cccc12.CCCCCCCCCc1ccc(S(=O)(=O)[O-])c2c(CCCCCCCCC)cccc12.[Pb+2]. The first-order valence-electron chi connectivity index (χ1n) is 26.0.